The first-order valence-corrected chi connectivity index (χ1v) is 8.22. The van der Waals surface area contributed by atoms with Gasteiger partial charge < -0.3 is 10.6 Å². The molecule has 2 fully saturated rings. The van der Waals surface area contributed by atoms with Crippen molar-refractivity contribution < 1.29 is 4.79 Å². The van der Waals surface area contributed by atoms with Crippen LogP contribution in [-0.4, -0.2) is 67.1 Å². The van der Waals surface area contributed by atoms with Gasteiger partial charge in [0.25, 0.3) is 0 Å². The van der Waals surface area contributed by atoms with Crippen molar-refractivity contribution >= 4 is 5.91 Å². The van der Waals surface area contributed by atoms with Gasteiger partial charge in [0.1, 0.15) is 5.54 Å². The monoisotopic (exact) mass is 296 g/mol. The molecule has 0 aromatic carbocycles. The molecule has 5 nitrogen and oxygen atoms in total. The molecular formula is C16H32N4O. The van der Waals surface area contributed by atoms with E-state index in [-0.39, 0.29) is 11.9 Å². The second-order valence-corrected chi connectivity index (χ2v) is 7.61. The summed E-state index contributed by atoms with van der Waals surface area (Å²) in [6.07, 6.45) is 2.23. The Morgan fingerprint density at radius 3 is 2.38 bits per heavy atom. The van der Waals surface area contributed by atoms with Crippen molar-refractivity contribution in [2.24, 2.45) is 17.6 Å². The molecule has 3 atom stereocenters. The number of hydrogen-bond donors (Lipinski definition) is 2. The summed E-state index contributed by atoms with van der Waals surface area (Å²) in [5, 5.41) is 3.51. The average molecular weight is 296 g/mol. The molecular weight excluding hydrogens is 264 g/mol. The Morgan fingerprint density at radius 2 is 2.00 bits per heavy atom. The molecule has 0 aromatic heterocycles. The predicted octanol–water partition coefficient (Wildman–Crippen LogP) is 0.500. The summed E-state index contributed by atoms with van der Waals surface area (Å²) < 4.78 is 0. The summed E-state index contributed by atoms with van der Waals surface area (Å²) in [6, 6.07) is 0.830. The van der Waals surface area contributed by atoms with E-state index in [0.29, 0.717) is 17.9 Å². The van der Waals surface area contributed by atoms with Gasteiger partial charge in [0.2, 0.25) is 5.91 Å². The van der Waals surface area contributed by atoms with Gasteiger partial charge in [-0.3, -0.25) is 15.0 Å². The van der Waals surface area contributed by atoms with E-state index in [4.69, 9.17) is 5.73 Å². The van der Waals surface area contributed by atoms with Crippen molar-refractivity contribution in [2.75, 3.05) is 33.7 Å². The maximum Gasteiger partial charge on any atom is 0.239 e. The van der Waals surface area contributed by atoms with Crippen LogP contribution in [0.4, 0.5) is 0 Å². The Bertz CT molecular complexity index is 380. The number of nitrogens with zero attached hydrogens (tertiary/aromatic N) is 2. The van der Waals surface area contributed by atoms with Gasteiger partial charge in [-0.25, -0.2) is 0 Å². The fraction of sp³-hybridized carbons (Fsp3) is 0.938. The van der Waals surface area contributed by atoms with Gasteiger partial charge in [0.05, 0.1) is 0 Å². The van der Waals surface area contributed by atoms with Crippen molar-refractivity contribution in [3.63, 3.8) is 0 Å². The van der Waals surface area contributed by atoms with Crippen LogP contribution in [0.3, 0.4) is 0 Å². The van der Waals surface area contributed by atoms with Crippen LogP contribution in [0, 0.1) is 11.8 Å². The van der Waals surface area contributed by atoms with E-state index in [2.05, 4.69) is 50.0 Å². The molecule has 0 spiro atoms. The van der Waals surface area contributed by atoms with Crippen LogP contribution in [0.5, 0.6) is 0 Å². The summed E-state index contributed by atoms with van der Waals surface area (Å²) >= 11 is 0. The number of nitrogens with one attached hydrogen (secondary N) is 1. The van der Waals surface area contributed by atoms with E-state index in [1.54, 1.807) is 0 Å². The number of amides is 1. The Kier molecular flexibility index (Phi) is 4.96. The molecule has 1 heterocycles. The Morgan fingerprint density at radius 1 is 1.38 bits per heavy atom. The summed E-state index contributed by atoms with van der Waals surface area (Å²) in [5.41, 5.74) is 5.28. The fourth-order valence-corrected chi connectivity index (χ4v) is 3.94. The summed E-state index contributed by atoms with van der Waals surface area (Å²) in [5.74, 6) is 0.856. The number of rotatable bonds is 7. The molecule has 1 saturated heterocycles. The quantitative estimate of drug-likeness (QED) is 0.718. The zero-order chi connectivity index (χ0) is 15.8. The van der Waals surface area contributed by atoms with Gasteiger partial charge in [-0.2, -0.15) is 0 Å². The molecule has 1 amide bonds. The van der Waals surface area contributed by atoms with E-state index in [1.807, 2.05) is 0 Å². The van der Waals surface area contributed by atoms with Crippen molar-refractivity contribution in [3.8, 4) is 0 Å². The Labute approximate surface area is 129 Å². The van der Waals surface area contributed by atoms with Gasteiger partial charge >= 0.3 is 0 Å². The van der Waals surface area contributed by atoms with Gasteiger partial charge in [-0.15, -0.1) is 0 Å². The molecule has 3 unspecified atom stereocenters. The van der Waals surface area contributed by atoms with Crippen molar-refractivity contribution in [1.82, 2.24) is 15.1 Å². The molecule has 122 valence electrons. The van der Waals surface area contributed by atoms with E-state index in [9.17, 15) is 4.79 Å². The Balaban J connectivity index is 2.11. The topological polar surface area (TPSA) is 61.6 Å². The third-order valence-corrected chi connectivity index (χ3v) is 5.04. The highest BCUT2D eigenvalue weighted by atomic mass is 16.1. The van der Waals surface area contributed by atoms with E-state index in [1.165, 1.54) is 0 Å². The van der Waals surface area contributed by atoms with Crippen LogP contribution < -0.4 is 11.1 Å². The highest BCUT2D eigenvalue weighted by Gasteiger charge is 2.51. The average Bonchev–Trinajstić information content (AvgIpc) is 3.12. The van der Waals surface area contributed by atoms with Crippen molar-refractivity contribution in [1.29, 1.82) is 0 Å². The lowest BCUT2D eigenvalue weighted by Gasteiger charge is -2.37. The molecule has 5 heteroatoms. The number of primary amides is 1. The van der Waals surface area contributed by atoms with E-state index < -0.39 is 5.54 Å². The number of carbonyl (C=O) groups is 1. The first kappa shape index (κ1) is 16.7. The van der Waals surface area contributed by atoms with Crippen LogP contribution in [0.25, 0.3) is 0 Å². The highest BCUT2D eigenvalue weighted by molar-refractivity contribution is 5.86. The van der Waals surface area contributed by atoms with E-state index >= 15 is 0 Å². The van der Waals surface area contributed by atoms with Crippen molar-refractivity contribution in [3.05, 3.63) is 0 Å². The molecule has 0 radical (unpaired) electrons. The maximum atomic E-state index is 12.2. The number of likely N-dealkylation sites (tertiary alicyclic amines) is 1. The van der Waals surface area contributed by atoms with Gasteiger partial charge in [-0.05, 0) is 52.6 Å². The first-order valence-electron chi connectivity index (χ1n) is 8.22. The predicted molar refractivity (Wildman–Crippen MR) is 86.0 cm³/mol. The van der Waals surface area contributed by atoms with Crippen molar-refractivity contribution in [2.45, 2.75) is 51.2 Å². The minimum atomic E-state index is -0.547. The molecule has 1 aliphatic heterocycles. The van der Waals surface area contributed by atoms with Gasteiger partial charge in [0.15, 0.2) is 0 Å². The minimum Gasteiger partial charge on any atom is -0.368 e. The lowest BCUT2D eigenvalue weighted by Crippen LogP contribution is -2.64. The van der Waals surface area contributed by atoms with E-state index in [0.717, 1.165) is 32.5 Å². The smallest absolute Gasteiger partial charge is 0.239 e. The minimum absolute atomic E-state index is 0.181. The summed E-state index contributed by atoms with van der Waals surface area (Å²) in [6.45, 7) is 9.30. The molecule has 2 aliphatic rings. The summed E-state index contributed by atoms with van der Waals surface area (Å²) in [4.78, 5) is 17.0. The zero-order valence-electron chi connectivity index (χ0n) is 14.2. The second-order valence-electron chi connectivity index (χ2n) is 7.61. The first-order chi connectivity index (χ1) is 9.76. The fourth-order valence-electron chi connectivity index (χ4n) is 3.94. The van der Waals surface area contributed by atoms with Gasteiger partial charge in [0, 0.05) is 31.7 Å². The lowest BCUT2D eigenvalue weighted by molar-refractivity contribution is -0.126. The third-order valence-electron chi connectivity index (χ3n) is 5.04. The van der Waals surface area contributed by atoms with Gasteiger partial charge in [-0.1, -0.05) is 6.92 Å². The number of likely N-dealkylation sites (N-methyl/N-ethyl adjacent to an activating group) is 1. The van der Waals surface area contributed by atoms with Crippen LogP contribution in [-0.2, 0) is 4.79 Å². The number of nitrogens with two attached hydrogens (primary N) is 1. The largest absolute Gasteiger partial charge is 0.368 e. The highest BCUT2D eigenvalue weighted by Crippen LogP contribution is 2.41. The SMILES string of the molecule is CC(C)NC(CN1CC(C)C(N(C)C)C1)(C(N)=O)C1CC1. The van der Waals surface area contributed by atoms with Crippen LogP contribution in [0.15, 0.2) is 0 Å². The Hall–Kier alpha value is -0.650. The zero-order valence-corrected chi connectivity index (χ0v) is 14.2. The second kappa shape index (κ2) is 6.23. The van der Waals surface area contributed by atoms with Crippen LogP contribution in [0.1, 0.15) is 33.6 Å². The molecule has 2 rings (SSSR count). The summed E-state index contributed by atoms with van der Waals surface area (Å²) in [7, 11) is 4.28. The number of hydrogen-bond acceptors (Lipinski definition) is 4. The maximum absolute atomic E-state index is 12.2. The standard InChI is InChI=1S/C16H32N4O/c1-11(2)18-16(15(17)21,13-6-7-13)10-20-8-12(3)14(9-20)19(4)5/h11-14,18H,6-10H2,1-5H3,(H2,17,21). The molecule has 1 aliphatic carbocycles. The van der Waals surface area contributed by atoms with Crippen LogP contribution >= 0.6 is 0 Å². The molecule has 1 saturated carbocycles. The molecule has 0 aromatic rings. The lowest BCUT2D eigenvalue weighted by atomic mass is 9.90. The molecule has 21 heavy (non-hydrogen) atoms. The molecule has 0 bridgehead atoms. The normalized spacial score (nSPS) is 30.0. The van der Waals surface area contributed by atoms with Crippen LogP contribution in [0.2, 0.25) is 0 Å². The number of carbonyl (C=O) groups excluding carboxylic acids is 1. The molecule has 3 N–H and O–H groups in total. The third kappa shape index (κ3) is 3.58.